The van der Waals surface area contributed by atoms with Gasteiger partial charge in [0.15, 0.2) is 0 Å². The van der Waals surface area contributed by atoms with Crippen LogP contribution in [0.3, 0.4) is 0 Å². The van der Waals surface area contributed by atoms with Crippen LogP contribution >= 0.6 is 0 Å². The number of amides is 1. The SMILES string of the molecule is CCCCCCCCC(CNC(=O)Oc1c(F)c(F)c(F)c(F)c1F)C(O)(C(C)C)C(C)C. The summed E-state index contributed by atoms with van der Waals surface area (Å²) in [5, 5.41) is 13.7. The predicted octanol–water partition coefficient (Wildman–Crippen LogP) is 6.88. The minimum absolute atomic E-state index is 0.0873. The summed E-state index contributed by atoms with van der Waals surface area (Å²) in [6.07, 6.45) is 5.42. The van der Waals surface area contributed by atoms with Crippen LogP contribution in [-0.4, -0.2) is 23.3 Å². The van der Waals surface area contributed by atoms with Gasteiger partial charge in [0.05, 0.1) is 5.60 Å². The van der Waals surface area contributed by atoms with Gasteiger partial charge in [-0.25, -0.2) is 18.0 Å². The summed E-state index contributed by atoms with van der Waals surface area (Å²) < 4.78 is 71.9. The maximum Gasteiger partial charge on any atom is 0.412 e. The Labute approximate surface area is 192 Å². The fourth-order valence-corrected chi connectivity index (χ4v) is 4.29. The third-order valence-corrected chi connectivity index (χ3v) is 6.27. The van der Waals surface area contributed by atoms with Crippen molar-refractivity contribution >= 4 is 6.09 Å². The second-order valence-electron chi connectivity index (χ2n) is 9.12. The third kappa shape index (κ3) is 7.29. The van der Waals surface area contributed by atoms with Gasteiger partial charge in [-0.3, -0.25) is 0 Å². The normalized spacial score (nSPS) is 13.0. The molecule has 0 saturated heterocycles. The van der Waals surface area contributed by atoms with E-state index in [9.17, 15) is 31.9 Å². The van der Waals surface area contributed by atoms with Crippen molar-refractivity contribution in [2.45, 2.75) is 85.2 Å². The smallest absolute Gasteiger partial charge is 0.404 e. The molecule has 1 atom stereocenters. The molecule has 33 heavy (non-hydrogen) atoms. The first-order chi connectivity index (χ1) is 15.4. The second-order valence-corrected chi connectivity index (χ2v) is 9.12. The Balaban J connectivity index is 2.93. The highest BCUT2D eigenvalue weighted by Crippen LogP contribution is 2.37. The van der Waals surface area contributed by atoms with Gasteiger partial charge >= 0.3 is 6.09 Å². The Hall–Kier alpha value is -1.90. The number of unbranched alkanes of at least 4 members (excludes halogenated alkanes) is 5. The molecule has 0 heterocycles. The van der Waals surface area contributed by atoms with E-state index in [4.69, 9.17) is 0 Å². The van der Waals surface area contributed by atoms with Gasteiger partial charge in [0.2, 0.25) is 34.8 Å². The number of carbonyl (C=O) groups is 1. The number of hydrogen-bond acceptors (Lipinski definition) is 3. The molecule has 0 fully saturated rings. The lowest BCUT2D eigenvalue weighted by atomic mass is 9.69. The van der Waals surface area contributed by atoms with E-state index < -0.39 is 52.4 Å². The summed E-state index contributed by atoms with van der Waals surface area (Å²) in [4.78, 5) is 12.2. The van der Waals surface area contributed by atoms with Crippen LogP contribution in [0.25, 0.3) is 0 Å². The Morgan fingerprint density at radius 2 is 1.30 bits per heavy atom. The van der Waals surface area contributed by atoms with E-state index in [1.165, 1.54) is 0 Å². The topological polar surface area (TPSA) is 58.6 Å². The van der Waals surface area contributed by atoms with E-state index >= 15 is 0 Å². The van der Waals surface area contributed by atoms with Gasteiger partial charge < -0.3 is 15.2 Å². The molecule has 0 aliphatic rings. The Bertz CT molecular complexity index is 749. The molecule has 0 saturated carbocycles. The van der Waals surface area contributed by atoms with Crippen LogP contribution in [0.5, 0.6) is 5.75 Å². The lowest BCUT2D eigenvalue weighted by Crippen LogP contribution is -2.52. The Morgan fingerprint density at radius 1 is 0.848 bits per heavy atom. The monoisotopic (exact) mass is 481 g/mol. The minimum Gasteiger partial charge on any atom is -0.404 e. The number of halogens is 5. The fraction of sp³-hybridized carbons (Fsp3) is 0.708. The Kier molecular flexibility index (Phi) is 11.6. The van der Waals surface area contributed by atoms with Crippen molar-refractivity contribution in [1.82, 2.24) is 5.32 Å². The average molecular weight is 482 g/mol. The van der Waals surface area contributed by atoms with E-state index in [0.717, 1.165) is 38.5 Å². The van der Waals surface area contributed by atoms with E-state index in [1.807, 2.05) is 27.7 Å². The highest BCUT2D eigenvalue weighted by atomic mass is 19.2. The number of nitrogens with one attached hydrogen (secondary N) is 1. The zero-order chi connectivity index (χ0) is 25.3. The number of carbonyl (C=O) groups excluding carboxylic acids is 1. The fourth-order valence-electron chi connectivity index (χ4n) is 4.29. The highest BCUT2D eigenvalue weighted by Gasteiger charge is 2.42. The molecule has 0 aromatic heterocycles. The molecule has 1 aromatic carbocycles. The number of aliphatic hydroxyl groups is 1. The molecule has 4 nitrogen and oxygen atoms in total. The standard InChI is InChI=1S/C24H36F5NO3/c1-6-7-8-9-10-11-12-16(24(32,14(2)3)15(4)5)13-30-23(31)33-22-20(28)18(26)17(25)19(27)21(22)29/h14-16,32H,6-13H2,1-5H3,(H,30,31). The number of benzene rings is 1. The number of hydrogen-bond donors (Lipinski definition) is 2. The Morgan fingerprint density at radius 3 is 1.79 bits per heavy atom. The summed E-state index contributed by atoms with van der Waals surface area (Å²) >= 11 is 0. The van der Waals surface area contributed by atoms with E-state index in [0.29, 0.717) is 6.42 Å². The van der Waals surface area contributed by atoms with Gasteiger partial charge in [-0.15, -0.1) is 0 Å². The third-order valence-electron chi connectivity index (χ3n) is 6.27. The van der Waals surface area contributed by atoms with Crippen molar-refractivity contribution in [3.63, 3.8) is 0 Å². The number of ether oxygens (including phenoxy) is 1. The van der Waals surface area contributed by atoms with Crippen molar-refractivity contribution in [2.75, 3.05) is 6.54 Å². The summed E-state index contributed by atoms with van der Waals surface area (Å²) in [5.41, 5.74) is -1.15. The van der Waals surface area contributed by atoms with Gasteiger partial charge in [-0.1, -0.05) is 73.1 Å². The summed E-state index contributed by atoms with van der Waals surface area (Å²) in [6, 6.07) is 0. The molecule has 0 aliphatic heterocycles. The molecule has 190 valence electrons. The zero-order valence-electron chi connectivity index (χ0n) is 20.0. The van der Waals surface area contributed by atoms with Crippen LogP contribution in [0, 0.1) is 46.8 Å². The van der Waals surface area contributed by atoms with Crippen LogP contribution in [0.1, 0.15) is 79.6 Å². The zero-order valence-corrected chi connectivity index (χ0v) is 20.0. The van der Waals surface area contributed by atoms with Crippen molar-refractivity contribution in [3.05, 3.63) is 29.1 Å². The summed E-state index contributed by atoms with van der Waals surface area (Å²) in [7, 11) is 0. The molecule has 1 aromatic rings. The van der Waals surface area contributed by atoms with Crippen LogP contribution in [0.15, 0.2) is 0 Å². The molecule has 9 heteroatoms. The van der Waals surface area contributed by atoms with E-state index in [2.05, 4.69) is 17.0 Å². The van der Waals surface area contributed by atoms with Gasteiger partial charge in [-0.2, -0.15) is 8.78 Å². The van der Waals surface area contributed by atoms with E-state index in [1.54, 1.807) is 0 Å². The maximum absolute atomic E-state index is 13.8. The van der Waals surface area contributed by atoms with Crippen molar-refractivity contribution in [2.24, 2.45) is 17.8 Å². The average Bonchev–Trinajstić information content (AvgIpc) is 2.77. The van der Waals surface area contributed by atoms with Crippen molar-refractivity contribution in [1.29, 1.82) is 0 Å². The lowest BCUT2D eigenvalue weighted by molar-refractivity contribution is -0.0976. The summed E-state index contributed by atoms with van der Waals surface area (Å²) in [6.45, 7) is 9.49. The van der Waals surface area contributed by atoms with Crippen LogP contribution in [-0.2, 0) is 0 Å². The molecular formula is C24H36F5NO3. The largest absolute Gasteiger partial charge is 0.412 e. The second kappa shape index (κ2) is 13.1. The molecule has 1 unspecified atom stereocenters. The number of rotatable bonds is 13. The van der Waals surface area contributed by atoms with E-state index in [-0.39, 0.29) is 18.4 Å². The highest BCUT2D eigenvalue weighted by molar-refractivity contribution is 5.70. The predicted molar refractivity (Wildman–Crippen MR) is 116 cm³/mol. The van der Waals surface area contributed by atoms with Crippen LogP contribution in [0.2, 0.25) is 0 Å². The first-order valence-corrected chi connectivity index (χ1v) is 11.6. The molecule has 0 aliphatic carbocycles. The van der Waals surface area contributed by atoms with Gasteiger partial charge in [0.25, 0.3) is 0 Å². The first kappa shape index (κ1) is 29.1. The quantitative estimate of drug-likeness (QED) is 0.140. The lowest BCUT2D eigenvalue weighted by Gasteiger charge is -2.43. The molecule has 0 spiro atoms. The molecule has 2 N–H and O–H groups in total. The van der Waals surface area contributed by atoms with Gasteiger partial charge in [-0.05, 0) is 18.3 Å². The summed E-state index contributed by atoms with van der Waals surface area (Å²) in [5.74, 6) is -13.6. The molecule has 0 radical (unpaired) electrons. The first-order valence-electron chi connectivity index (χ1n) is 11.6. The van der Waals surface area contributed by atoms with Crippen molar-refractivity contribution < 1.29 is 36.6 Å². The molecule has 1 rings (SSSR count). The molecular weight excluding hydrogens is 445 g/mol. The molecule has 0 bridgehead atoms. The van der Waals surface area contributed by atoms with Crippen LogP contribution < -0.4 is 10.1 Å². The van der Waals surface area contributed by atoms with Gasteiger partial charge in [0, 0.05) is 12.5 Å². The molecule has 1 amide bonds. The van der Waals surface area contributed by atoms with Crippen molar-refractivity contribution in [3.8, 4) is 5.75 Å². The minimum atomic E-state index is -2.34. The maximum atomic E-state index is 13.8. The van der Waals surface area contributed by atoms with Crippen LogP contribution in [0.4, 0.5) is 26.7 Å². The van der Waals surface area contributed by atoms with Gasteiger partial charge in [0.1, 0.15) is 0 Å².